The fraction of sp³-hybridized carbons (Fsp3) is 0.176. The Morgan fingerprint density at radius 2 is 2.21 bits per heavy atom. The van der Waals surface area contributed by atoms with E-state index in [4.69, 9.17) is 4.52 Å². The Hall–Kier alpha value is -2.84. The minimum atomic E-state index is -4.73. The second-order valence-corrected chi connectivity index (χ2v) is 7.39. The summed E-state index contributed by atoms with van der Waals surface area (Å²) in [6, 6.07) is 7.24. The van der Waals surface area contributed by atoms with Crippen LogP contribution in [0.5, 0.6) is 0 Å². The van der Waals surface area contributed by atoms with Crippen LogP contribution in [0, 0.1) is 18.3 Å². The van der Waals surface area contributed by atoms with Crippen LogP contribution in [0.4, 0.5) is 19.0 Å². The van der Waals surface area contributed by atoms with Gasteiger partial charge in [-0.05, 0) is 24.4 Å². The molecule has 3 aromatic rings. The van der Waals surface area contributed by atoms with Gasteiger partial charge in [0.25, 0.3) is 0 Å². The van der Waals surface area contributed by atoms with E-state index in [1.54, 1.807) is 30.5 Å². The van der Waals surface area contributed by atoms with E-state index in [9.17, 15) is 23.2 Å². The van der Waals surface area contributed by atoms with Gasteiger partial charge in [0.15, 0.2) is 5.82 Å². The molecule has 1 N–H and O–H groups in total. The van der Waals surface area contributed by atoms with Gasteiger partial charge < -0.3 is 9.84 Å². The zero-order valence-electron chi connectivity index (χ0n) is 14.2. The number of amides is 1. The highest BCUT2D eigenvalue weighted by Gasteiger charge is 2.36. The average molecular weight is 424 g/mol. The zero-order valence-corrected chi connectivity index (χ0v) is 15.8. The van der Waals surface area contributed by atoms with Crippen LogP contribution in [0.2, 0.25) is 0 Å². The molecule has 3 aromatic heterocycles. The summed E-state index contributed by atoms with van der Waals surface area (Å²) in [5.74, 6) is -0.0764. The van der Waals surface area contributed by atoms with Gasteiger partial charge in [0.05, 0.1) is 27.5 Å². The van der Waals surface area contributed by atoms with E-state index in [0.717, 1.165) is 17.8 Å². The van der Waals surface area contributed by atoms with Gasteiger partial charge in [-0.1, -0.05) is 23.0 Å². The minimum absolute atomic E-state index is 0.0939. The molecular weight excluding hydrogens is 413 g/mol. The summed E-state index contributed by atoms with van der Waals surface area (Å²) in [5, 5.41) is 16.9. The largest absolute Gasteiger partial charge is 0.417 e. The lowest BCUT2D eigenvalue weighted by atomic mass is 10.1. The van der Waals surface area contributed by atoms with Crippen molar-refractivity contribution in [3.63, 3.8) is 0 Å². The van der Waals surface area contributed by atoms with Crippen LogP contribution in [0.25, 0.3) is 10.6 Å². The third-order valence-corrected chi connectivity index (χ3v) is 5.28. The smallest absolute Gasteiger partial charge is 0.360 e. The van der Waals surface area contributed by atoms with Gasteiger partial charge in [-0.2, -0.15) is 18.4 Å². The molecule has 0 atom stereocenters. The van der Waals surface area contributed by atoms with Crippen LogP contribution in [0.15, 0.2) is 39.2 Å². The third kappa shape index (κ3) is 4.52. The van der Waals surface area contributed by atoms with Crippen molar-refractivity contribution in [3.8, 4) is 16.6 Å². The van der Waals surface area contributed by atoms with Crippen LogP contribution in [-0.4, -0.2) is 21.8 Å². The molecule has 144 valence electrons. The predicted molar refractivity (Wildman–Crippen MR) is 97.9 cm³/mol. The number of nitriles is 1. The standard InChI is InChI=1S/C17H11F3N4O2S2/c1-9-5-14(24-26-9)23-15(25)8-28-16-10(7-21)11(17(18,19)20)6-12(22-16)13-3-2-4-27-13/h2-6H,8H2,1H3,(H,23,24,25). The summed E-state index contributed by atoms with van der Waals surface area (Å²) in [4.78, 5) is 16.8. The topological polar surface area (TPSA) is 91.8 Å². The summed E-state index contributed by atoms with van der Waals surface area (Å²) >= 11 is 1.97. The van der Waals surface area contributed by atoms with Crippen LogP contribution < -0.4 is 5.32 Å². The molecule has 0 unspecified atom stereocenters. The number of alkyl halides is 3. The van der Waals surface area contributed by atoms with Crippen molar-refractivity contribution in [3.05, 3.63) is 46.5 Å². The molecule has 28 heavy (non-hydrogen) atoms. The van der Waals surface area contributed by atoms with Crippen molar-refractivity contribution in [1.29, 1.82) is 5.26 Å². The first-order valence-corrected chi connectivity index (χ1v) is 9.56. The number of halogens is 3. The van der Waals surface area contributed by atoms with E-state index in [0.29, 0.717) is 10.6 Å². The Balaban J connectivity index is 1.89. The quantitative estimate of drug-likeness (QED) is 0.596. The maximum absolute atomic E-state index is 13.4. The summed E-state index contributed by atoms with van der Waals surface area (Å²) in [5.41, 5.74) is -1.59. The molecule has 0 fully saturated rings. The fourth-order valence-corrected chi connectivity index (χ4v) is 3.74. The van der Waals surface area contributed by atoms with Crippen molar-refractivity contribution in [2.24, 2.45) is 0 Å². The molecule has 0 aliphatic carbocycles. The lowest BCUT2D eigenvalue weighted by Crippen LogP contribution is -2.15. The molecule has 3 rings (SSSR count). The molecule has 0 aliphatic heterocycles. The van der Waals surface area contributed by atoms with E-state index in [1.165, 1.54) is 17.4 Å². The van der Waals surface area contributed by atoms with Gasteiger partial charge >= 0.3 is 6.18 Å². The van der Waals surface area contributed by atoms with E-state index < -0.39 is 23.2 Å². The monoisotopic (exact) mass is 424 g/mol. The second-order valence-electron chi connectivity index (χ2n) is 5.48. The molecule has 0 saturated carbocycles. The number of hydrogen-bond donors (Lipinski definition) is 1. The summed E-state index contributed by atoms with van der Waals surface area (Å²) in [6.07, 6.45) is -4.73. The lowest BCUT2D eigenvalue weighted by molar-refractivity contribution is -0.138. The van der Waals surface area contributed by atoms with Crippen LogP contribution >= 0.6 is 23.1 Å². The van der Waals surface area contributed by atoms with E-state index in [-0.39, 0.29) is 22.3 Å². The average Bonchev–Trinajstić information content (AvgIpc) is 3.30. The fourth-order valence-electron chi connectivity index (χ4n) is 2.25. The van der Waals surface area contributed by atoms with Gasteiger partial charge in [-0.25, -0.2) is 4.98 Å². The van der Waals surface area contributed by atoms with Gasteiger partial charge in [-0.3, -0.25) is 4.79 Å². The molecule has 0 saturated heterocycles. The highest BCUT2D eigenvalue weighted by Crippen LogP contribution is 2.38. The van der Waals surface area contributed by atoms with Crippen molar-refractivity contribution >= 4 is 34.8 Å². The van der Waals surface area contributed by atoms with E-state index in [2.05, 4.69) is 15.5 Å². The summed E-state index contributed by atoms with van der Waals surface area (Å²) < 4.78 is 45.2. The Morgan fingerprint density at radius 1 is 1.43 bits per heavy atom. The number of nitrogens with one attached hydrogen (secondary N) is 1. The van der Waals surface area contributed by atoms with Crippen molar-refractivity contribution in [2.75, 3.05) is 11.1 Å². The predicted octanol–water partition coefficient (Wildman–Crippen LogP) is 4.73. The number of carbonyl (C=O) groups is 1. The number of carbonyl (C=O) groups excluding carboxylic acids is 1. The molecule has 3 heterocycles. The summed E-state index contributed by atoms with van der Waals surface area (Å²) in [7, 11) is 0. The Labute approximate surface area is 165 Å². The van der Waals surface area contributed by atoms with Crippen LogP contribution in [0.3, 0.4) is 0 Å². The van der Waals surface area contributed by atoms with E-state index in [1.807, 2.05) is 0 Å². The number of rotatable bonds is 5. The maximum atomic E-state index is 13.4. The normalized spacial score (nSPS) is 11.2. The molecule has 0 radical (unpaired) electrons. The molecule has 0 bridgehead atoms. The first kappa shape index (κ1) is 19.9. The van der Waals surface area contributed by atoms with Gasteiger partial charge in [0, 0.05) is 6.07 Å². The number of anilines is 1. The Morgan fingerprint density at radius 3 is 2.79 bits per heavy atom. The number of nitrogens with zero attached hydrogens (tertiary/aromatic N) is 3. The number of thiophene rings is 1. The van der Waals surface area contributed by atoms with Crippen molar-refractivity contribution in [1.82, 2.24) is 10.1 Å². The molecule has 1 amide bonds. The van der Waals surface area contributed by atoms with Gasteiger partial charge in [0.2, 0.25) is 5.91 Å². The second kappa shape index (κ2) is 8.04. The lowest BCUT2D eigenvalue weighted by Gasteiger charge is -2.13. The third-order valence-electron chi connectivity index (χ3n) is 3.41. The van der Waals surface area contributed by atoms with E-state index >= 15 is 0 Å². The van der Waals surface area contributed by atoms with Gasteiger partial charge in [0.1, 0.15) is 16.9 Å². The molecule has 0 aliphatic rings. The Kier molecular flexibility index (Phi) is 5.71. The first-order valence-electron chi connectivity index (χ1n) is 7.70. The van der Waals surface area contributed by atoms with Crippen molar-refractivity contribution < 1.29 is 22.5 Å². The van der Waals surface area contributed by atoms with Gasteiger partial charge in [-0.15, -0.1) is 11.3 Å². The SMILES string of the molecule is Cc1cc(NC(=O)CSc2nc(-c3cccs3)cc(C(F)(F)F)c2C#N)no1. The summed E-state index contributed by atoms with van der Waals surface area (Å²) in [6.45, 7) is 1.65. The Bertz CT molecular complexity index is 1040. The molecule has 6 nitrogen and oxygen atoms in total. The highest BCUT2D eigenvalue weighted by molar-refractivity contribution is 8.00. The number of aryl methyl sites for hydroxylation is 1. The first-order chi connectivity index (χ1) is 13.3. The minimum Gasteiger partial charge on any atom is -0.360 e. The van der Waals surface area contributed by atoms with Crippen molar-refractivity contribution in [2.45, 2.75) is 18.1 Å². The number of aromatic nitrogens is 2. The van der Waals surface area contributed by atoms with Crippen LogP contribution in [-0.2, 0) is 11.0 Å². The maximum Gasteiger partial charge on any atom is 0.417 e. The molecule has 11 heteroatoms. The molecule has 0 aromatic carbocycles. The zero-order chi connectivity index (χ0) is 20.3. The number of hydrogen-bond acceptors (Lipinski definition) is 7. The molecule has 0 spiro atoms. The van der Waals surface area contributed by atoms with Crippen LogP contribution in [0.1, 0.15) is 16.9 Å². The highest BCUT2D eigenvalue weighted by atomic mass is 32.2. The number of thioether (sulfide) groups is 1. The number of pyridine rings is 1. The molecular formula is C17H11F3N4O2S2.